The second-order valence-corrected chi connectivity index (χ2v) is 11.3. The summed E-state index contributed by atoms with van der Waals surface area (Å²) in [5, 5.41) is 11.5. The molecule has 0 amide bonds. The van der Waals surface area contributed by atoms with Crippen LogP contribution in [0.4, 0.5) is 14.5 Å². The van der Waals surface area contributed by atoms with E-state index in [2.05, 4.69) is 15.5 Å². The summed E-state index contributed by atoms with van der Waals surface area (Å²) in [6, 6.07) is 7.74. The molecule has 1 aliphatic heterocycles. The molecule has 0 unspecified atom stereocenters. The van der Waals surface area contributed by atoms with Crippen molar-refractivity contribution in [3.63, 3.8) is 0 Å². The molecule has 3 heterocycles. The Morgan fingerprint density at radius 1 is 1.15 bits per heavy atom. The van der Waals surface area contributed by atoms with Crippen molar-refractivity contribution in [3.05, 3.63) is 59.8 Å². The van der Waals surface area contributed by atoms with Gasteiger partial charge in [-0.15, -0.1) is 10.2 Å². The predicted octanol–water partition coefficient (Wildman–Crippen LogP) is 4.48. The van der Waals surface area contributed by atoms with E-state index >= 15 is 8.78 Å². The smallest absolute Gasteiger partial charge is 0.241 e. The van der Waals surface area contributed by atoms with Crippen molar-refractivity contribution in [1.29, 1.82) is 0 Å². The molecule has 0 bridgehead atoms. The Bertz CT molecular complexity index is 1580. The third kappa shape index (κ3) is 2.73. The van der Waals surface area contributed by atoms with Gasteiger partial charge in [0.2, 0.25) is 10.0 Å². The number of aromatic nitrogens is 4. The molecule has 1 saturated carbocycles. The first kappa shape index (κ1) is 20.3. The van der Waals surface area contributed by atoms with Gasteiger partial charge in [-0.2, -0.15) is 0 Å². The number of anilines is 1. The Labute approximate surface area is 189 Å². The fourth-order valence-corrected chi connectivity index (χ4v) is 6.42. The standard InChI is InChI=1S/C23H21F2N5O2S/c1-12-27-28-22-23(2,3)26-17-11-16(24)19(20(25)21(17)30(12)22)15-5-4-6-18-14(15)9-10-29(18)33(31,32)13-7-8-13/h4-6,9-11,13,26H,7-8H2,1-3H3. The molecule has 2 aromatic heterocycles. The first-order valence-electron chi connectivity index (χ1n) is 10.7. The molecule has 1 aliphatic carbocycles. The Morgan fingerprint density at radius 3 is 2.64 bits per heavy atom. The van der Waals surface area contributed by atoms with Gasteiger partial charge in [0.15, 0.2) is 11.6 Å². The van der Waals surface area contributed by atoms with Gasteiger partial charge in [0.1, 0.15) is 17.3 Å². The number of nitrogens with zero attached hydrogens (tertiary/aromatic N) is 4. The average molecular weight is 470 g/mol. The van der Waals surface area contributed by atoms with E-state index in [9.17, 15) is 8.42 Å². The molecule has 33 heavy (non-hydrogen) atoms. The van der Waals surface area contributed by atoms with Crippen molar-refractivity contribution in [2.75, 3.05) is 5.32 Å². The lowest BCUT2D eigenvalue weighted by Gasteiger charge is -2.34. The zero-order valence-corrected chi connectivity index (χ0v) is 19.0. The highest BCUT2D eigenvalue weighted by molar-refractivity contribution is 7.91. The van der Waals surface area contributed by atoms with Gasteiger partial charge in [0.05, 0.1) is 27.6 Å². The third-order valence-electron chi connectivity index (χ3n) is 6.43. The second kappa shape index (κ2) is 6.40. The van der Waals surface area contributed by atoms with Gasteiger partial charge < -0.3 is 5.32 Å². The Morgan fingerprint density at radius 2 is 1.91 bits per heavy atom. The summed E-state index contributed by atoms with van der Waals surface area (Å²) >= 11 is 0. The maximum absolute atomic E-state index is 16.1. The van der Waals surface area contributed by atoms with E-state index in [1.165, 1.54) is 16.2 Å². The average Bonchev–Trinajstić information content (AvgIpc) is 3.40. The van der Waals surface area contributed by atoms with Gasteiger partial charge in [-0.25, -0.2) is 21.2 Å². The molecule has 0 spiro atoms. The highest BCUT2D eigenvalue weighted by Crippen LogP contribution is 2.44. The molecule has 0 atom stereocenters. The summed E-state index contributed by atoms with van der Waals surface area (Å²) in [5.74, 6) is -0.502. The Hall–Kier alpha value is -3.27. The van der Waals surface area contributed by atoms with Crippen LogP contribution in [0.5, 0.6) is 0 Å². The van der Waals surface area contributed by atoms with Crippen LogP contribution in [0, 0.1) is 18.6 Å². The maximum Gasteiger partial charge on any atom is 0.241 e. The first-order chi connectivity index (χ1) is 15.6. The highest BCUT2D eigenvalue weighted by atomic mass is 32.2. The van der Waals surface area contributed by atoms with Crippen molar-refractivity contribution in [2.45, 2.75) is 44.4 Å². The first-order valence-corrected chi connectivity index (χ1v) is 12.2. The molecule has 4 aromatic rings. The summed E-state index contributed by atoms with van der Waals surface area (Å²) in [6.45, 7) is 5.44. The van der Waals surface area contributed by atoms with Crippen molar-refractivity contribution in [1.82, 2.24) is 18.7 Å². The number of aryl methyl sites for hydroxylation is 1. The minimum atomic E-state index is -3.54. The summed E-state index contributed by atoms with van der Waals surface area (Å²) in [5.41, 5.74) is 0.230. The number of fused-ring (bicyclic) bond motifs is 4. The van der Waals surface area contributed by atoms with Gasteiger partial charge >= 0.3 is 0 Å². The van der Waals surface area contributed by atoms with Gasteiger partial charge in [-0.1, -0.05) is 12.1 Å². The summed E-state index contributed by atoms with van der Waals surface area (Å²) in [7, 11) is -3.54. The van der Waals surface area contributed by atoms with Crippen LogP contribution in [-0.2, 0) is 15.6 Å². The van der Waals surface area contributed by atoms with Gasteiger partial charge in [0.25, 0.3) is 0 Å². The molecular weight excluding hydrogens is 448 g/mol. The van der Waals surface area contributed by atoms with Crippen LogP contribution < -0.4 is 5.32 Å². The minimum Gasteiger partial charge on any atom is -0.371 e. The van der Waals surface area contributed by atoms with E-state index in [1.807, 2.05) is 13.8 Å². The predicted molar refractivity (Wildman–Crippen MR) is 121 cm³/mol. The summed E-state index contributed by atoms with van der Waals surface area (Å²) in [6.07, 6.45) is 2.71. The number of hydrogen-bond acceptors (Lipinski definition) is 5. The monoisotopic (exact) mass is 469 g/mol. The van der Waals surface area contributed by atoms with E-state index in [4.69, 9.17) is 0 Å². The molecule has 2 aromatic carbocycles. The minimum absolute atomic E-state index is 0.144. The van der Waals surface area contributed by atoms with Crippen LogP contribution in [0.3, 0.4) is 0 Å². The fraction of sp³-hybridized carbons (Fsp3) is 0.304. The Balaban J connectivity index is 1.62. The molecule has 10 heteroatoms. The van der Waals surface area contributed by atoms with Crippen LogP contribution in [0.1, 0.15) is 38.3 Å². The van der Waals surface area contributed by atoms with E-state index in [0.717, 1.165) is 0 Å². The van der Waals surface area contributed by atoms with Crippen LogP contribution in [-0.4, -0.2) is 32.4 Å². The SMILES string of the molecule is Cc1nnc2n1-c1c(cc(F)c(-c3cccc4c3ccn4S(=O)(=O)C3CC3)c1F)NC2(C)C. The van der Waals surface area contributed by atoms with Crippen LogP contribution in [0.15, 0.2) is 36.5 Å². The summed E-state index contributed by atoms with van der Waals surface area (Å²) < 4.78 is 60.1. The van der Waals surface area contributed by atoms with Crippen molar-refractivity contribution in [2.24, 2.45) is 0 Å². The highest BCUT2D eigenvalue weighted by Gasteiger charge is 2.39. The van der Waals surface area contributed by atoms with Crippen molar-refractivity contribution >= 4 is 26.6 Å². The van der Waals surface area contributed by atoms with Gasteiger partial charge in [0, 0.05) is 17.6 Å². The van der Waals surface area contributed by atoms with Gasteiger partial charge in [-0.3, -0.25) is 4.57 Å². The quantitative estimate of drug-likeness (QED) is 0.479. The van der Waals surface area contributed by atoms with Crippen molar-refractivity contribution < 1.29 is 17.2 Å². The van der Waals surface area contributed by atoms with E-state index < -0.39 is 32.4 Å². The van der Waals surface area contributed by atoms with Crippen molar-refractivity contribution in [3.8, 4) is 16.8 Å². The van der Waals surface area contributed by atoms with Crippen LogP contribution in [0.25, 0.3) is 27.7 Å². The van der Waals surface area contributed by atoms with Crippen LogP contribution in [0.2, 0.25) is 0 Å². The van der Waals surface area contributed by atoms with E-state index in [0.29, 0.717) is 41.1 Å². The zero-order chi connectivity index (χ0) is 23.3. The van der Waals surface area contributed by atoms with E-state index in [1.54, 1.807) is 35.8 Å². The number of nitrogens with one attached hydrogen (secondary N) is 1. The molecule has 0 radical (unpaired) electrons. The number of hydrogen-bond donors (Lipinski definition) is 1. The number of benzene rings is 2. The Kier molecular flexibility index (Phi) is 3.95. The lowest BCUT2D eigenvalue weighted by Crippen LogP contribution is -2.36. The molecule has 6 rings (SSSR count). The lowest BCUT2D eigenvalue weighted by atomic mass is 9.95. The number of halogens is 2. The normalized spacial score (nSPS) is 17.0. The molecule has 1 N–H and O–H groups in total. The molecule has 0 saturated heterocycles. The summed E-state index contributed by atoms with van der Waals surface area (Å²) in [4.78, 5) is 0. The largest absolute Gasteiger partial charge is 0.371 e. The maximum atomic E-state index is 16.1. The van der Waals surface area contributed by atoms with E-state index in [-0.39, 0.29) is 16.8 Å². The van der Waals surface area contributed by atoms with Crippen LogP contribution >= 0.6 is 0 Å². The molecular formula is C23H21F2N5O2S. The second-order valence-electron chi connectivity index (χ2n) is 9.19. The topological polar surface area (TPSA) is 81.8 Å². The lowest BCUT2D eigenvalue weighted by molar-refractivity contribution is 0.517. The molecule has 2 aliphatic rings. The third-order valence-corrected chi connectivity index (χ3v) is 8.61. The fourth-order valence-electron chi connectivity index (χ4n) is 4.71. The molecule has 170 valence electrons. The number of rotatable bonds is 3. The zero-order valence-electron chi connectivity index (χ0n) is 18.2. The molecule has 7 nitrogen and oxygen atoms in total. The molecule has 1 fully saturated rings. The van der Waals surface area contributed by atoms with Gasteiger partial charge in [-0.05, 0) is 51.3 Å².